The third-order valence-corrected chi connectivity index (χ3v) is 4.25. The summed E-state index contributed by atoms with van der Waals surface area (Å²) in [5.74, 6) is 1.35. The van der Waals surface area contributed by atoms with Gasteiger partial charge in [-0.3, -0.25) is 0 Å². The minimum Gasteiger partial charge on any atom is -0.334 e. The van der Waals surface area contributed by atoms with Crippen LogP contribution in [0.15, 0.2) is 30.3 Å². The van der Waals surface area contributed by atoms with E-state index in [1.54, 1.807) is 0 Å². The monoisotopic (exact) mass is 259 g/mol. The third-order valence-electron chi connectivity index (χ3n) is 4.25. The zero-order valence-electron chi connectivity index (χ0n) is 11.1. The highest BCUT2D eigenvalue weighted by atomic mass is 16.2. The number of nitrogens with zero attached hydrogens (tertiary/aromatic N) is 1. The SMILES string of the molecule is O=C(NCc1ccccc1)N1CC2CCNCC2C1. The summed E-state index contributed by atoms with van der Waals surface area (Å²) in [5, 5.41) is 6.43. The molecule has 3 rings (SSSR count). The van der Waals surface area contributed by atoms with E-state index in [4.69, 9.17) is 0 Å². The standard InChI is InChI=1S/C15H21N3O/c19-15(17-8-12-4-2-1-3-5-12)18-10-13-6-7-16-9-14(13)11-18/h1-5,13-14,16H,6-11H2,(H,17,19). The van der Waals surface area contributed by atoms with E-state index in [0.717, 1.165) is 31.7 Å². The van der Waals surface area contributed by atoms with E-state index in [1.165, 1.54) is 6.42 Å². The Morgan fingerprint density at radius 2 is 2.05 bits per heavy atom. The number of hydrogen-bond acceptors (Lipinski definition) is 2. The Kier molecular flexibility index (Phi) is 3.69. The Morgan fingerprint density at radius 3 is 2.84 bits per heavy atom. The molecule has 2 fully saturated rings. The normalized spacial score (nSPS) is 26.0. The predicted molar refractivity (Wildman–Crippen MR) is 74.7 cm³/mol. The molecule has 0 bridgehead atoms. The van der Waals surface area contributed by atoms with Gasteiger partial charge >= 0.3 is 6.03 Å². The quantitative estimate of drug-likeness (QED) is 0.844. The van der Waals surface area contributed by atoms with Crippen molar-refractivity contribution < 1.29 is 4.79 Å². The molecule has 0 saturated carbocycles. The van der Waals surface area contributed by atoms with Crippen LogP contribution in [0.4, 0.5) is 4.79 Å². The van der Waals surface area contributed by atoms with Crippen LogP contribution in [0.3, 0.4) is 0 Å². The Labute approximate surface area is 114 Å². The van der Waals surface area contributed by atoms with Crippen molar-refractivity contribution in [3.05, 3.63) is 35.9 Å². The molecule has 2 saturated heterocycles. The molecule has 0 aromatic heterocycles. The summed E-state index contributed by atoms with van der Waals surface area (Å²) >= 11 is 0. The van der Waals surface area contributed by atoms with E-state index >= 15 is 0 Å². The topological polar surface area (TPSA) is 44.4 Å². The van der Waals surface area contributed by atoms with E-state index in [1.807, 2.05) is 35.2 Å². The zero-order chi connectivity index (χ0) is 13.1. The van der Waals surface area contributed by atoms with Crippen LogP contribution < -0.4 is 10.6 Å². The molecular weight excluding hydrogens is 238 g/mol. The number of rotatable bonds is 2. The van der Waals surface area contributed by atoms with Crippen molar-refractivity contribution in [1.29, 1.82) is 0 Å². The van der Waals surface area contributed by atoms with Gasteiger partial charge in [0.15, 0.2) is 0 Å². The van der Waals surface area contributed by atoms with Gasteiger partial charge in [-0.2, -0.15) is 0 Å². The smallest absolute Gasteiger partial charge is 0.317 e. The molecule has 2 atom stereocenters. The fourth-order valence-corrected chi connectivity index (χ4v) is 3.12. The Morgan fingerprint density at radius 1 is 1.26 bits per heavy atom. The summed E-state index contributed by atoms with van der Waals surface area (Å²) in [4.78, 5) is 14.1. The van der Waals surface area contributed by atoms with Crippen molar-refractivity contribution in [3.63, 3.8) is 0 Å². The number of nitrogens with one attached hydrogen (secondary N) is 2. The summed E-state index contributed by atoms with van der Waals surface area (Å²) in [6.45, 7) is 4.60. The Hall–Kier alpha value is -1.55. The molecule has 4 heteroatoms. The van der Waals surface area contributed by atoms with E-state index < -0.39 is 0 Å². The van der Waals surface area contributed by atoms with Crippen molar-refractivity contribution in [2.75, 3.05) is 26.2 Å². The summed E-state index contributed by atoms with van der Waals surface area (Å²) in [7, 11) is 0. The van der Waals surface area contributed by atoms with Gasteiger partial charge in [-0.1, -0.05) is 30.3 Å². The number of fused-ring (bicyclic) bond motifs is 1. The van der Waals surface area contributed by atoms with Crippen molar-refractivity contribution in [2.45, 2.75) is 13.0 Å². The molecule has 0 aliphatic carbocycles. The number of benzene rings is 1. The number of carbonyl (C=O) groups excluding carboxylic acids is 1. The van der Waals surface area contributed by atoms with Crippen molar-refractivity contribution in [3.8, 4) is 0 Å². The molecule has 102 valence electrons. The second kappa shape index (κ2) is 5.61. The number of piperidine rings is 1. The molecule has 1 aromatic carbocycles. The third kappa shape index (κ3) is 2.89. The Balaban J connectivity index is 1.51. The van der Waals surface area contributed by atoms with Crippen LogP contribution in [0.1, 0.15) is 12.0 Å². The lowest BCUT2D eigenvalue weighted by molar-refractivity contribution is 0.206. The van der Waals surface area contributed by atoms with Gasteiger partial charge in [0.05, 0.1) is 0 Å². The second-order valence-electron chi connectivity index (χ2n) is 5.56. The van der Waals surface area contributed by atoms with Crippen LogP contribution in [-0.4, -0.2) is 37.1 Å². The molecule has 2 amide bonds. The first-order valence-electron chi connectivity index (χ1n) is 7.10. The van der Waals surface area contributed by atoms with Crippen molar-refractivity contribution in [1.82, 2.24) is 15.5 Å². The number of likely N-dealkylation sites (tertiary alicyclic amines) is 1. The van der Waals surface area contributed by atoms with E-state index in [2.05, 4.69) is 10.6 Å². The molecule has 1 aromatic rings. The fraction of sp³-hybridized carbons (Fsp3) is 0.533. The van der Waals surface area contributed by atoms with E-state index in [9.17, 15) is 4.79 Å². The molecule has 2 heterocycles. The lowest BCUT2D eigenvalue weighted by Gasteiger charge is -2.23. The van der Waals surface area contributed by atoms with E-state index in [-0.39, 0.29) is 6.03 Å². The minimum atomic E-state index is 0.0817. The van der Waals surface area contributed by atoms with Crippen LogP contribution in [0.25, 0.3) is 0 Å². The highest BCUT2D eigenvalue weighted by Crippen LogP contribution is 2.27. The molecular formula is C15H21N3O. The average molecular weight is 259 g/mol. The number of carbonyl (C=O) groups is 1. The maximum Gasteiger partial charge on any atom is 0.317 e. The first kappa shape index (κ1) is 12.5. The molecule has 2 unspecified atom stereocenters. The zero-order valence-corrected chi connectivity index (χ0v) is 11.1. The second-order valence-corrected chi connectivity index (χ2v) is 5.56. The van der Waals surface area contributed by atoms with Gasteiger partial charge in [0, 0.05) is 19.6 Å². The van der Waals surface area contributed by atoms with Gasteiger partial charge < -0.3 is 15.5 Å². The summed E-state index contributed by atoms with van der Waals surface area (Å²) in [6.07, 6.45) is 1.20. The predicted octanol–water partition coefficient (Wildman–Crippen LogP) is 1.44. The molecule has 0 radical (unpaired) electrons. The number of hydrogen-bond donors (Lipinski definition) is 2. The molecule has 2 aliphatic rings. The number of urea groups is 1. The molecule has 2 aliphatic heterocycles. The van der Waals surface area contributed by atoms with Crippen LogP contribution in [0.5, 0.6) is 0 Å². The first-order chi connectivity index (χ1) is 9.33. The van der Waals surface area contributed by atoms with E-state index in [0.29, 0.717) is 18.4 Å². The molecule has 2 N–H and O–H groups in total. The number of amides is 2. The van der Waals surface area contributed by atoms with Gasteiger partial charge in [-0.15, -0.1) is 0 Å². The van der Waals surface area contributed by atoms with Gasteiger partial charge in [0.2, 0.25) is 0 Å². The van der Waals surface area contributed by atoms with Crippen LogP contribution in [-0.2, 0) is 6.54 Å². The lowest BCUT2D eigenvalue weighted by atomic mass is 9.90. The summed E-state index contributed by atoms with van der Waals surface area (Å²) < 4.78 is 0. The van der Waals surface area contributed by atoms with Crippen molar-refractivity contribution in [2.24, 2.45) is 11.8 Å². The van der Waals surface area contributed by atoms with Gasteiger partial charge in [-0.05, 0) is 36.9 Å². The molecule has 0 spiro atoms. The largest absolute Gasteiger partial charge is 0.334 e. The highest BCUT2D eigenvalue weighted by Gasteiger charge is 2.36. The maximum absolute atomic E-state index is 12.2. The Bertz CT molecular complexity index is 420. The van der Waals surface area contributed by atoms with Gasteiger partial charge in [-0.25, -0.2) is 4.79 Å². The fourth-order valence-electron chi connectivity index (χ4n) is 3.12. The lowest BCUT2D eigenvalue weighted by Crippen LogP contribution is -2.38. The summed E-state index contributed by atoms with van der Waals surface area (Å²) in [5.41, 5.74) is 1.15. The van der Waals surface area contributed by atoms with Crippen LogP contribution in [0.2, 0.25) is 0 Å². The van der Waals surface area contributed by atoms with Crippen LogP contribution in [0, 0.1) is 11.8 Å². The average Bonchev–Trinajstić information content (AvgIpc) is 2.90. The van der Waals surface area contributed by atoms with Crippen molar-refractivity contribution >= 4 is 6.03 Å². The molecule has 4 nitrogen and oxygen atoms in total. The first-order valence-corrected chi connectivity index (χ1v) is 7.10. The highest BCUT2D eigenvalue weighted by molar-refractivity contribution is 5.74. The summed E-state index contributed by atoms with van der Waals surface area (Å²) in [6, 6.07) is 10.1. The van der Waals surface area contributed by atoms with Gasteiger partial charge in [0.1, 0.15) is 0 Å². The molecule has 19 heavy (non-hydrogen) atoms. The van der Waals surface area contributed by atoms with Crippen LogP contribution >= 0.6 is 0 Å². The van der Waals surface area contributed by atoms with Gasteiger partial charge in [0.25, 0.3) is 0 Å². The minimum absolute atomic E-state index is 0.0817. The maximum atomic E-state index is 12.2.